The third-order valence-electron chi connectivity index (χ3n) is 0.758. The van der Waals surface area contributed by atoms with Gasteiger partial charge < -0.3 is 10.5 Å². The molecule has 2 atom stereocenters. The van der Waals surface area contributed by atoms with Gasteiger partial charge in [-0.05, 0) is 6.16 Å². The molecule has 0 aromatic rings. The Labute approximate surface area is 50.8 Å². The van der Waals surface area contributed by atoms with Crippen LogP contribution in [0.3, 0.4) is 0 Å². The highest BCUT2D eigenvalue weighted by Crippen LogP contribution is 1.88. The fraction of sp³-hybridized carbons (Fsp3) is 0.750. The van der Waals surface area contributed by atoms with Crippen molar-refractivity contribution >= 4 is 15.2 Å². The van der Waals surface area contributed by atoms with E-state index in [4.69, 9.17) is 5.73 Å². The van der Waals surface area contributed by atoms with E-state index in [-0.39, 0.29) is 5.97 Å². The molecule has 0 aromatic heterocycles. The fourth-order valence-corrected chi connectivity index (χ4v) is 0.440. The molecule has 0 saturated carbocycles. The van der Waals surface area contributed by atoms with Gasteiger partial charge in [-0.1, -0.05) is 0 Å². The van der Waals surface area contributed by atoms with Gasteiger partial charge in [0.15, 0.2) is 0 Å². The molecule has 0 aliphatic heterocycles. The summed E-state index contributed by atoms with van der Waals surface area (Å²) in [4.78, 5) is 10.4. The van der Waals surface area contributed by atoms with Crippen molar-refractivity contribution in [2.75, 3.05) is 13.3 Å². The van der Waals surface area contributed by atoms with E-state index in [1.54, 1.807) is 0 Å². The Morgan fingerprint density at radius 3 is 2.62 bits per heavy atom. The number of carbonyl (C=O) groups excluding carboxylic acids is 1. The van der Waals surface area contributed by atoms with Gasteiger partial charge in [0, 0.05) is 0 Å². The highest BCUT2D eigenvalue weighted by atomic mass is 31.0. The minimum Gasteiger partial charge on any atom is -0.468 e. The van der Waals surface area contributed by atoms with Crippen molar-refractivity contribution in [2.45, 2.75) is 6.04 Å². The van der Waals surface area contributed by atoms with E-state index in [0.717, 1.165) is 0 Å². The topological polar surface area (TPSA) is 52.3 Å². The maximum absolute atomic E-state index is 10.4. The Bertz CT molecular complexity index is 86.1. The van der Waals surface area contributed by atoms with Crippen LogP contribution < -0.4 is 5.73 Å². The summed E-state index contributed by atoms with van der Waals surface area (Å²) in [5.74, 6) is -0.361. The monoisotopic (exact) mass is 135 g/mol. The fourth-order valence-electron chi connectivity index (χ4n) is 0.248. The van der Waals surface area contributed by atoms with E-state index < -0.39 is 6.04 Å². The minimum absolute atomic E-state index is 0.361. The highest BCUT2D eigenvalue weighted by Gasteiger charge is 2.08. The van der Waals surface area contributed by atoms with Crippen LogP contribution in [-0.2, 0) is 9.53 Å². The molecule has 2 N–H and O–H groups in total. The van der Waals surface area contributed by atoms with Crippen LogP contribution in [-0.4, -0.2) is 25.3 Å². The molecular weight excluding hydrogens is 125 g/mol. The van der Waals surface area contributed by atoms with Gasteiger partial charge >= 0.3 is 5.97 Å². The van der Waals surface area contributed by atoms with Crippen LogP contribution in [0, 0.1) is 0 Å². The Balaban J connectivity index is 3.46. The van der Waals surface area contributed by atoms with Gasteiger partial charge in [0.25, 0.3) is 0 Å². The highest BCUT2D eigenvalue weighted by molar-refractivity contribution is 7.16. The molecular formula is C4H10NO2P. The third-order valence-corrected chi connectivity index (χ3v) is 1.27. The molecule has 0 heterocycles. The van der Waals surface area contributed by atoms with Crippen molar-refractivity contribution < 1.29 is 9.53 Å². The molecule has 0 rings (SSSR count). The first-order valence-corrected chi connectivity index (χ1v) is 3.07. The lowest BCUT2D eigenvalue weighted by Gasteiger charge is -2.03. The summed E-state index contributed by atoms with van der Waals surface area (Å²) < 4.78 is 4.33. The van der Waals surface area contributed by atoms with Crippen LogP contribution in [0.2, 0.25) is 0 Å². The second kappa shape index (κ2) is 3.81. The first-order chi connectivity index (χ1) is 3.72. The van der Waals surface area contributed by atoms with Crippen molar-refractivity contribution in [3.8, 4) is 0 Å². The summed E-state index contributed by atoms with van der Waals surface area (Å²) in [6.07, 6.45) is 0.548. The normalized spacial score (nSPS) is 12.9. The summed E-state index contributed by atoms with van der Waals surface area (Å²) in [7, 11) is 3.69. The molecule has 0 spiro atoms. The Morgan fingerprint density at radius 2 is 2.50 bits per heavy atom. The summed E-state index contributed by atoms with van der Waals surface area (Å²) in [6, 6.07) is -0.481. The zero-order valence-corrected chi connectivity index (χ0v) is 5.91. The molecule has 1 unspecified atom stereocenters. The number of hydrogen-bond acceptors (Lipinski definition) is 3. The van der Waals surface area contributed by atoms with Crippen LogP contribution in [0.5, 0.6) is 0 Å². The van der Waals surface area contributed by atoms with E-state index in [9.17, 15) is 4.79 Å². The number of rotatable bonds is 2. The summed E-state index contributed by atoms with van der Waals surface area (Å²) in [5, 5.41) is 0. The van der Waals surface area contributed by atoms with Crippen molar-refractivity contribution in [2.24, 2.45) is 5.73 Å². The minimum atomic E-state index is -0.481. The van der Waals surface area contributed by atoms with Gasteiger partial charge in [-0.15, -0.1) is 9.24 Å². The second-order valence-electron chi connectivity index (χ2n) is 1.37. The Hall–Kier alpha value is -0.140. The molecule has 8 heavy (non-hydrogen) atoms. The van der Waals surface area contributed by atoms with Crippen molar-refractivity contribution in [3.05, 3.63) is 0 Å². The van der Waals surface area contributed by atoms with Gasteiger partial charge in [-0.3, -0.25) is 4.79 Å². The lowest BCUT2D eigenvalue weighted by Crippen LogP contribution is -2.32. The predicted molar refractivity (Wildman–Crippen MR) is 34.6 cm³/mol. The van der Waals surface area contributed by atoms with Crippen molar-refractivity contribution in [3.63, 3.8) is 0 Å². The standard InChI is InChI=1S/C4H10NO2P/c1-7-4(6)3(5)2-8/h3H,2,5,8H2,1H3/t3-/m0/s1. The zero-order chi connectivity index (χ0) is 6.57. The first-order valence-electron chi connectivity index (χ1n) is 2.26. The van der Waals surface area contributed by atoms with E-state index in [1.807, 2.05) is 0 Å². The number of carbonyl (C=O) groups is 1. The quantitative estimate of drug-likeness (QED) is 0.405. The summed E-state index contributed by atoms with van der Waals surface area (Å²) >= 11 is 0. The smallest absolute Gasteiger partial charge is 0.322 e. The molecule has 0 aliphatic rings. The molecule has 4 heteroatoms. The predicted octanol–water partition coefficient (Wildman–Crippen LogP) is -0.638. The first kappa shape index (κ1) is 7.86. The number of esters is 1. The average Bonchev–Trinajstić information content (AvgIpc) is 1.84. The molecule has 0 aromatic carbocycles. The zero-order valence-electron chi connectivity index (χ0n) is 4.76. The van der Waals surface area contributed by atoms with Gasteiger partial charge in [0.2, 0.25) is 0 Å². The number of methoxy groups -OCH3 is 1. The van der Waals surface area contributed by atoms with Gasteiger partial charge in [-0.2, -0.15) is 0 Å². The molecule has 0 aliphatic carbocycles. The lowest BCUT2D eigenvalue weighted by molar-refractivity contribution is -0.141. The molecule has 0 amide bonds. The van der Waals surface area contributed by atoms with E-state index in [0.29, 0.717) is 6.16 Å². The van der Waals surface area contributed by atoms with Crippen LogP contribution in [0.25, 0.3) is 0 Å². The molecule has 0 fully saturated rings. The van der Waals surface area contributed by atoms with Crippen molar-refractivity contribution in [1.82, 2.24) is 0 Å². The second-order valence-corrected chi connectivity index (χ2v) is 1.84. The molecule has 0 saturated heterocycles. The molecule has 3 nitrogen and oxygen atoms in total. The van der Waals surface area contributed by atoms with Gasteiger partial charge in [0.1, 0.15) is 6.04 Å². The lowest BCUT2D eigenvalue weighted by atomic mass is 10.4. The summed E-state index contributed by atoms with van der Waals surface area (Å²) in [5.41, 5.74) is 5.23. The number of hydrogen-bond donors (Lipinski definition) is 1. The summed E-state index contributed by atoms with van der Waals surface area (Å²) in [6.45, 7) is 0. The largest absolute Gasteiger partial charge is 0.468 e. The number of nitrogens with two attached hydrogens (primary N) is 1. The molecule has 0 radical (unpaired) electrons. The van der Waals surface area contributed by atoms with Crippen LogP contribution >= 0.6 is 9.24 Å². The Kier molecular flexibility index (Phi) is 3.75. The average molecular weight is 135 g/mol. The van der Waals surface area contributed by atoms with Crippen LogP contribution in [0.1, 0.15) is 0 Å². The van der Waals surface area contributed by atoms with Crippen LogP contribution in [0.4, 0.5) is 0 Å². The van der Waals surface area contributed by atoms with Crippen molar-refractivity contribution in [1.29, 1.82) is 0 Å². The Morgan fingerprint density at radius 1 is 2.00 bits per heavy atom. The van der Waals surface area contributed by atoms with Crippen LogP contribution in [0.15, 0.2) is 0 Å². The maximum Gasteiger partial charge on any atom is 0.322 e. The number of ether oxygens (including phenoxy) is 1. The van der Waals surface area contributed by atoms with E-state index in [2.05, 4.69) is 14.0 Å². The van der Waals surface area contributed by atoms with Gasteiger partial charge in [-0.25, -0.2) is 0 Å². The molecule has 0 bridgehead atoms. The van der Waals surface area contributed by atoms with E-state index >= 15 is 0 Å². The maximum atomic E-state index is 10.4. The van der Waals surface area contributed by atoms with E-state index in [1.165, 1.54) is 7.11 Å². The third kappa shape index (κ3) is 2.24. The van der Waals surface area contributed by atoms with Gasteiger partial charge in [0.05, 0.1) is 7.11 Å². The SMILES string of the molecule is COC(=O)[C@@H](N)CP. The molecule has 48 valence electrons.